The molecule has 112 valence electrons. The maximum atomic E-state index is 12.1. The van der Waals surface area contributed by atoms with Gasteiger partial charge in [-0.05, 0) is 43.0 Å². The topological polar surface area (TPSA) is 104 Å². The highest BCUT2D eigenvalue weighted by molar-refractivity contribution is 7.89. The molecule has 7 nitrogen and oxygen atoms in total. The third-order valence-corrected chi connectivity index (χ3v) is 4.78. The minimum Gasteiger partial charge on any atom is -0.326 e. The van der Waals surface area contributed by atoms with Crippen molar-refractivity contribution in [2.45, 2.75) is 30.6 Å². The Morgan fingerprint density at radius 2 is 2.00 bits per heavy atom. The monoisotopic (exact) mass is 309 g/mol. The van der Waals surface area contributed by atoms with Gasteiger partial charge in [0.2, 0.25) is 11.8 Å². The number of hydrogen-bond acceptors (Lipinski definition) is 4. The molecule has 1 heterocycles. The summed E-state index contributed by atoms with van der Waals surface area (Å²) in [6.45, 7) is 0. The largest absolute Gasteiger partial charge is 0.326 e. The number of carbonyl (C=O) groups excluding carboxylic acids is 2. The number of hydrazine groups is 1. The summed E-state index contributed by atoms with van der Waals surface area (Å²) in [5, 5.41) is 2.69. The highest BCUT2D eigenvalue weighted by Crippen LogP contribution is 2.28. The predicted molar refractivity (Wildman–Crippen MR) is 74.6 cm³/mol. The Labute approximate surface area is 122 Å². The van der Waals surface area contributed by atoms with Crippen LogP contribution < -0.4 is 15.6 Å². The summed E-state index contributed by atoms with van der Waals surface area (Å²) < 4.78 is 24.2. The molecule has 3 rings (SSSR count). The number of aryl methyl sites for hydroxylation is 1. The fourth-order valence-electron chi connectivity index (χ4n) is 2.15. The second-order valence-corrected chi connectivity index (χ2v) is 6.92. The molecule has 0 radical (unpaired) electrons. The van der Waals surface area contributed by atoms with Crippen molar-refractivity contribution >= 4 is 27.5 Å². The van der Waals surface area contributed by atoms with Crippen LogP contribution in [-0.2, 0) is 26.0 Å². The molecule has 0 atom stereocenters. The zero-order chi connectivity index (χ0) is 15.0. The normalized spacial score (nSPS) is 17.8. The summed E-state index contributed by atoms with van der Waals surface area (Å²) in [5.41, 5.74) is 3.62. The number of nitrogens with one attached hydrogen (secondary N) is 3. The molecular formula is C13H15N3O4S. The van der Waals surface area contributed by atoms with Gasteiger partial charge in [0.25, 0.3) is 10.0 Å². The molecule has 0 unspecified atom stereocenters. The predicted octanol–water partition coefficient (Wildman–Crippen LogP) is 0.291. The number of fused-ring (bicyclic) bond motifs is 1. The minimum atomic E-state index is -3.80. The van der Waals surface area contributed by atoms with Crippen molar-refractivity contribution in [2.24, 2.45) is 5.92 Å². The second-order valence-electron chi connectivity index (χ2n) is 5.24. The zero-order valence-electron chi connectivity index (χ0n) is 11.2. The van der Waals surface area contributed by atoms with Gasteiger partial charge in [0.15, 0.2) is 0 Å². The first-order valence-electron chi connectivity index (χ1n) is 6.70. The van der Waals surface area contributed by atoms with Crippen LogP contribution in [0.2, 0.25) is 0 Å². The molecule has 0 spiro atoms. The Morgan fingerprint density at radius 3 is 2.71 bits per heavy atom. The maximum absolute atomic E-state index is 12.1. The standard InChI is InChI=1S/C13H15N3O4S/c17-12-6-3-9-7-10(4-5-11(9)14-12)21(19,20)16-15-13(18)8-1-2-8/h4-5,7-8,16H,1-3,6H2,(H,14,17)(H,15,18). The Bertz CT molecular complexity index is 710. The van der Waals surface area contributed by atoms with Gasteiger partial charge in [-0.3, -0.25) is 15.0 Å². The fourth-order valence-corrected chi connectivity index (χ4v) is 3.05. The molecular weight excluding hydrogens is 294 g/mol. The molecule has 2 aliphatic rings. The van der Waals surface area contributed by atoms with Crippen LogP contribution in [0.15, 0.2) is 23.1 Å². The number of sulfonamides is 1. The SMILES string of the molecule is O=C1CCc2cc(S(=O)(=O)NNC(=O)C3CC3)ccc2N1. The van der Waals surface area contributed by atoms with Gasteiger partial charge < -0.3 is 5.32 Å². The fraction of sp³-hybridized carbons (Fsp3) is 0.385. The molecule has 0 aromatic heterocycles. The molecule has 0 saturated heterocycles. The molecule has 0 bridgehead atoms. The van der Waals surface area contributed by atoms with E-state index >= 15 is 0 Å². The van der Waals surface area contributed by atoms with E-state index in [-0.39, 0.29) is 22.6 Å². The van der Waals surface area contributed by atoms with Crippen LogP contribution in [0.3, 0.4) is 0 Å². The number of hydrogen-bond donors (Lipinski definition) is 3. The molecule has 1 aromatic carbocycles. The molecule has 1 saturated carbocycles. The van der Waals surface area contributed by atoms with Crippen molar-refractivity contribution in [3.05, 3.63) is 23.8 Å². The second kappa shape index (κ2) is 5.12. The van der Waals surface area contributed by atoms with E-state index in [1.165, 1.54) is 12.1 Å². The number of carbonyl (C=O) groups is 2. The van der Waals surface area contributed by atoms with Crippen LogP contribution in [-0.4, -0.2) is 20.2 Å². The van der Waals surface area contributed by atoms with Crippen LogP contribution in [0.1, 0.15) is 24.8 Å². The van der Waals surface area contributed by atoms with E-state index in [2.05, 4.69) is 15.6 Å². The zero-order valence-corrected chi connectivity index (χ0v) is 12.0. The van der Waals surface area contributed by atoms with E-state index < -0.39 is 10.0 Å². The average molecular weight is 309 g/mol. The molecule has 8 heteroatoms. The number of rotatable bonds is 4. The summed E-state index contributed by atoms with van der Waals surface area (Å²) in [7, 11) is -3.80. The lowest BCUT2D eigenvalue weighted by Crippen LogP contribution is -2.42. The Hall–Kier alpha value is -1.93. The van der Waals surface area contributed by atoms with Crippen LogP contribution in [0, 0.1) is 5.92 Å². The van der Waals surface area contributed by atoms with Gasteiger partial charge >= 0.3 is 0 Å². The summed E-state index contributed by atoms with van der Waals surface area (Å²) >= 11 is 0. The van der Waals surface area contributed by atoms with Gasteiger partial charge in [-0.2, -0.15) is 0 Å². The quantitative estimate of drug-likeness (QED) is 0.695. The summed E-state index contributed by atoms with van der Waals surface area (Å²) in [4.78, 5) is 24.9. The van der Waals surface area contributed by atoms with Crippen molar-refractivity contribution in [1.29, 1.82) is 0 Å². The van der Waals surface area contributed by atoms with Crippen molar-refractivity contribution in [2.75, 3.05) is 5.32 Å². The van der Waals surface area contributed by atoms with Crippen LogP contribution in [0.5, 0.6) is 0 Å². The van der Waals surface area contributed by atoms with Gasteiger partial charge in [0, 0.05) is 18.0 Å². The Balaban J connectivity index is 1.75. The number of amides is 2. The lowest BCUT2D eigenvalue weighted by molar-refractivity contribution is -0.122. The molecule has 1 aliphatic carbocycles. The van der Waals surface area contributed by atoms with Crippen LogP contribution >= 0.6 is 0 Å². The van der Waals surface area contributed by atoms with Crippen molar-refractivity contribution in [3.8, 4) is 0 Å². The minimum absolute atomic E-state index is 0.0634. The maximum Gasteiger partial charge on any atom is 0.257 e. The number of benzene rings is 1. The molecule has 1 aromatic rings. The first-order chi connectivity index (χ1) is 9.95. The number of anilines is 1. The summed E-state index contributed by atoms with van der Waals surface area (Å²) in [6.07, 6.45) is 2.43. The first kappa shape index (κ1) is 14.0. The van der Waals surface area contributed by atoms with Crippen LogP contribution in [0.4, 0.5) is 5.69 Å². The molecule has 3 N–H and O–H groups in total. The summed E-state index contributed by atoms with van der Waals surface area (Å²) in [5.74, 6) is -0.455. The molecule has 1 aliphatic heterocycles. The molecule has 1 fully saturated rings. The van der Waals surface area contributed by atoms with E-state index in [1.807, 2.05) is 0 Å². The van der Waals surface area contributed by atoms with Crippen molar-refractivity contribution < 1.29 is 18.0 Å². The van der Waals surface area contributed by atoms with E-state index in [1.54, 1.807) is 6.07 Å². The van der Waals surface area contributed by atoms with Gasteiger partial charge in [0.1, 0.15) is 0 Å². The highest BCUT2D eigenvalue weighted by atomic mass is 32.2. The van der Waals surface area contributed by atoms with Crippen LogP contribution in [0.25, 0.3) is 0 Å². The van der Waals surface area contributed by atoms with E-state index in [0.717, 1.165) is 18.4 Å². The lowest BCUT2D eigenvalue weighted by Gasteiger charge is -2.17. The smallest absolute Gasteiger partial charge is 0.257 e. The van der Waals surface area contributed by atoms with Gasteiger partial charge in [-0.15, -0.1) is 4.83 Å². The van der Waals surface area contributed by atoms with Gasteiger partial charge in [-0.25, -0.2) is 8.42 Å². The first-order valence-corrected chi connectivity index (χ1v) is 8.18. The highest BCUT2D eigenvalue weighted by Gasteiger charge is 2.30. The van der Waals surface area contributed by atoms with Gasteiger partial charge in [0.05, 0.1) is 4.90 Å². The van der Waals surface area contributed by atoms with E-state index in [9.17, 15) is 18.0 Å². The van der Waals surface area contributed by atoms with Crippen molar-refractivity contribution in [3.63, 3.8) is 0 Å². The Morgan fingerprint density at radius 1 is 1.24 bits per heavy atom. The van der Waals surface area contributed by atoms with E-state index in [4.69, 9.17) is 0 Å². The Kier molecular flexibility index (Phi) is 3.42. The average Bonchev–Trinajstić information content (AvgIpc) is 3.29. The summed E-state index contributed by atoms with van der Waals surface area (Å²) in [6, 6.07) is 4.47. The lowest BCUT2D eigenvalue weighted by atomic mass is 10.0. The third-order valence-electron chi connectivity index (χ3n) is 3.54. The third kappa shape index (κ3) is 3.06. The van der Waals surface area contributed by atoms with Crippen molar-refractivity contribution in [1.82, 2.24) is 10.3 Å². The molecule has 2 amide bonds. The molecule has 21 heavy (non-hydrogen) atoms. The van der Waals surface area contributed by atoms with E-state index in [0.29, 0.717) is 18.5 Å². The van der Waals surface area contributed by atoms with Gasteiger partial charge in [-0.1, -0.05) is 0 Å².